The van der Waals surface area contributed by atoms with Crippen LogP contribution in [0.15, 0.2) is 30.3 Å². The summed E-state index contributed by atoms with van der Waals surface area (Å²) in [6.07, 6.45) is 2.77. The number of rotatable bonds is 7. The van der Waals surface area contributed by atoms with Crippen LogP contribution in [-0.4, -0.2) is 32.6 Å². The zero-order valence-corrected chi connectivity index (χ0v) is 13.5. The molecule has 2 N–H and O–H groups in total. The van der Waals surface area contributed by atoms with E-state index in [9.17, 15) is 15.0 Å². The molecule has 0 bridgehead atoms. The Balaban J connectivity index is 1.88. The Hall–Kier alpha value is -2.34. The van der Waals surface area contributed by atoms with Crippen molar-refractivity contribution in [2.45, 2.75) is 44.8 Å². The quantitative estimate of drug-likeness (QED) is 0.814. The molecule has 1 aromatic carbocycles. The van der Waals surface area contributed by atoms with Crippen LogP contribution in [0.25, 0.3) is 0 Å². The Morgan fingerprint density at radius 1 is 1.33 bits per heavy atom. The van der Waals surface area contributed by atoms with Gasteiger partial charge in [-0.15, -0.1) is 0 Å². The average Bonchev–Trinajstić information content (AvgIpc) is 2.93. The number of nitrogens with zero attached hydrogens (tertiary/aromatic N) is 2. The molecule has 0 aliphatic heterocycles. The largest absolute Gasteiger partial charge is 0.487 e. The van der Waals surface area contributed by atoms with E-state index in [0.717, 1.165) is 42.0 Å². The van der Waals surface area contributed by atoms with Crippen LogP contribution in [-0.2, 0) is 24.4 Å². The second-order valence-corrected chi connectivity index (χ2v) is 6.04. The first kappa shape index (κ1) is 16.5. The topological polar surface area (TPSA) is 84.6 Å². The molecule has 1 aliphatic rings. The van der Waals surface area contributed by atoms with Crippen molar-refractivity contribution in [2.75, 3.05) is 6.61 Å². The second kappa shape index (κ2) is 7.49. The highest BCUT2D eigenvalue weighted by Crippen LogP contribution is 2.36. The van der Waals surface area contributed by atoms with Gasteiger partial charge in [-0.3, -0.25) is 9.48 Å². The van der Waals surface area contributed by atoms with Crippen molar-refractivity contribution in [1.29, 1.82) is 0 Å². The first-order valence-corrected chi connectivity index (χ1v) is 8.28. The molecule has 0 amide bonds. The van der Waals surface area contributed by atoms with Crippen LogP contribution in [0.3, 0.4) is 0 Å². The van der Waals surface area contributed by atoms with E-state index in [1.54, 1.807) is 0 Å². The third kappa shape index (κ3) is 3.59. The molecule has 2 aromatic rings. The van der Waals surface area contributed by atoms with Gasteiger partial charge < -0.3 is 14.9 Å². The molecule has 128 valence electrons. The van der Waals surface area contributed by atoms with Crippen LogP contribution in [0.2, 0.25) is 0 Å². The molecule has 6 heteroatoms. The van der Waals surface area contributed by atoms with E-state index in [1.165, 1.54) is 0 Å². The summed E-state index contributed by atoms with van der Waals surface area (Å²) >= 11 is 0. The smallest absolute Gasteiger partial charge is 0.303 e. The van der Waals surface area contributed by atoms with E-state index >= 15 is 0 Å². The van der Waals surface area contributed by atoms with Crippen molar-refractivity contribution in [3.05, 3.63) is 47.3 Å². The van der Waals surface area contributed by atoms with Gasteiger partial charge in [-0.1, -0.05) is 18.2 Å². The van der Waals surface area contributed by atoms with Crippen molar-refractivity contribution < 1.29 is 19.7 Å². The number of para-hydroxylation sites is 1. The van der Waals surface area contributed by atoms with Gasteiger partial charge >= 0.3 is 5.97 Å². The lowest BCUT2D eigenvalue weighted by molar-refractivity contribution is -0.137. The van der Waals surface area contributed by atoms with E-state index in [0.29, 0.717) is 13.2 Å². The van der Waals surface area contributed by atoms with Crippen molar-refractivity contribution in [2.24, 2.45) is 0 Å². The highest BCUT2D eigenvalue weighted by Gasteiger charge is 2.30. The zero-order chi connectivity index (χ0) is 16.9. The number of benzene rings is 1. The molecule has 1 aromatic heterocycles. The van der Waals surface area contributed by atoms with Gasteiger partial charge in [0.2, 0.25) is 0 Å². The number of aliphatic hydroxyl groups excluding tert-OH is 1. The Labute approximate surface area is 140 Å². The number of aliphatic carboxylic acids is 1. The number of aromatic nitrogens is 2. The fourth-order valence-electron chi connectivity index (χ4n) is 3.43. The van der Waals surface area contributed by atoms with Gasteiger partial charge in [0.05, 0.1) is 19.6 Å². The summed E-state index contributed by atoms with van der Waals surface area (Å²) in [5.74, 6) is -0.0701. The predicted molar refractivity (Wildman–Crippen MR) is 88.0 cm³/mol. The zero-order valence-electron chi connectivity index (χ0n) is 13.5. The Kier molecular flexibility index (Phi) is 5.15. The highest BCUT2D eigenvalue weighted by molar-refractivity contribution is 5.68. The van der Waals surface area contributed by atoms with E-state index in [-0.39, 0.29) is 18.9 Å². The van der Waals surface area contributed by atoms with Crippen molar-refractivity contribution >= 4 is 5.97 Å². The highest BCUT2D eigenvalue weighted by atomic mass is 16.5. The van der Waals surface area contributed by atoms with Crippen molar-refractivity contribution in [1.82, 2.24) is 9.78 Å². The fraction of sp³-hybridized carbons (Fsp3) is 0.444. The Morgan fingerprint density at radius 3 is 2.83 bits per heavy atom. The molecule has 1 atom stereocenters. The average molecular weight is 330 g/mol. The minimum atomic E-state index is -0.794. The number of fused-ring (bicyclic) bond motifs is 1. The summed E-state index contributed by atoms with van der Waals surface area (Å²) in [4.78, 5) is 11.2. The van der Waals surface area contributed by atoms with Gasteiger partial charge in [0, 0.05) is 11.3 Å². The van der Waals surface area contributed by atoms with E-state index in [4.69, 9.17) is 4.74 Å². The maximum atomic E-state index is 11.2. The molecule has 24 heavy (non-hydrogen) atoms. The lowest BCUT2D eigenvalue weighted by Crippen LogP contribution is -2.17. The van der Waals surface area contributed by atoms with E-state index in [1.807, 2.05) is 35.0 Å². The van der Waals surface area contributed by atoms with Crippen molar-refractivity contribution in [3.63, 3.8) is 0 Å². The van der Waals surface area contributed by atoms with Gasteiger partial charge in [0.1, 0.15) is 18.1 Å². The maximum absolute atomic E-state index is 11.2. The summed E-state index contributed by atoms with van der Waals surface area (Å²) in [5, 5.41) is 23.1. The number of carboxylic acid groups (broad SMARTS) is 1. The molecule has 0 saturated heterocycles. The number of ether oxygens (including phenoxy) is 1. The van der Waals surface area contributed by atoms with Crippen LogP contribution in [0, 0.1) is 0 Å². The normalized spacial score (nSPS) is 16.6. The number of carboxylic acids is 1. The van der Waals surface area contributed by atoms with E-state index < -0.39 is 5.97 Å². The monoisotopic (exact) mass is 330 g/mol. The molecule has 0 fully saturated rings. The molecule has 0 radical (unpaired) electrons. The lowest BCUT2D eigenvalue weighted by atomic mass is 9.83. The molecule has 1 heterocycles. The number of aliphatic hydroxyl groups is 1. The number of carbonyl (C=O) groups is 1. The van der Waals surface area contributed by atoms with Gasteiger partial charge in [-0.05, 0) is 37.3 Å². The molecule has 0 saturated carbocycles. The van der Waals surface area contributed by atoms with Gasteiger partial charge in [-0.2, -0.15) is 5.10 Å². The lowest BCUT2D eigenvalue weighted by Gasteiger charge is -2.23. The Bertz CT molecular complexity index is 697. The molecule has 3 rings (SSSR count). The molecular formula is C18H22N2O4. The van der Waals surface area contributed by atoms with Crippen LogP contribution < -0.4 is 4.74 Å². The van der Waals surface area contributed by atoms with E-state index in [2.05, 4.69) is 5.10 Å². The SMILES string of the molecule is O=C(O)CC1CCCc2c1c(COc1ccccc1)nn2CCO. The molecule has 6 nitrogen and oxygen atoms in total. The van der Waals surface area contributed by atoms with Crippen molar-refractivity contribution in [3.8, 4) is 5.75 Å². The molecule has 1 unspecified atom stereocenters. The summed E-state index contributed by atoms with van der Waals surface area (Å²) in [6.45, 7) is 0.741. The van der Waals surface area contributed by atoms with Crippen LogP contribution in [0.4, 0.5) is 0 Å². The summed E-state index contributed by atoms with van der Waals surface area (Å²) in [7, 11) is 0. The number of hydrogen-bond acceptors (Lipinski definition) is 4. The predicted octanol–water partition coefficient (Wildman–Crippen LogP) is 2.35. The summed E-state index contributed by atoms with van der Waals surface area (Å²) < 4.78 is 7.63. The van der Waals surface area contributed by atoms with Crippen LogP contribution in [0.5, 0.6) is 5.75 Å². The maximum Gasteiger partial charge on any atom is 0.303 e. The first-order chi connectivity index (χ1) is 11.7. The minimum Gasteiger partial charge on any atom is -0.487 e. The molecular weight excluding hydrogens is 308 g/mol. The molecule has 0 spiro atoms. The third-order valence-electron chi connectivity index (χ3n) is 4.40. The number of hydrogen-bond donors (Lipinski definition) is 2. The van der Waals surface area contributed by atoms with Gasteiger partial charge in [0.15, 0.2) is 0 Å². The van der Waals surface area contributed by atoms with Gasteiger partial charge in [-0.25, -0.2) is 0 Å². The molecule has 1 aliphatic carbocycles. The van der Waals surface area contributed by atoms with Crippen LogP contribution >= 0.6 is 0 Å². The first-order valence-electron chi connectivity index (χ1n) is 8.28. The fourth-order valence-corrected chi connectivity index (χ4v) is 3.43. The summed E-state index contributed by atoms with van der Waals surface area (Å²) in [6, 6.07) is 9.50. The second-order valence-electron chi connectivity index (χ2n) is 6.04. The summed E-state index contributed by atoms with van der Waals surface area (Å²) in [5.41, 5.74) is 2.84. The van der Waals surface area contributed by atoms with Crippen LogP contribution in [0.1, 0.15) is 42.1 Å². The third-order valence-corrected chi connectivity index (χ3v) is 4.40. The minimum absolute atomic E-state index is 0.0106. The van der Waals surface area contributed by atoms with Gasteiger partial charge in [0.25, 0.3) is 0 Å². The Morgan fingerprint density at radius 2 is 2.12 bits per heavy atom. The standard InChI is InChI=1S/C18H22N2O4/c21-10-9-20-16-8-4-5-13(11-17(22)23)18(16)15(19-20)12-24-14-6-2-1-3-7-14/h1-3,6-7,13,21H,4-5,8-12H2,(H,22,23).